The molecular formula is C19H19F3N6. The molecule has 28 heavy (non-hydrogen) atoms. The second-order valence-electron chi connectivity index (χ2n) is 6.75. The third kappa shape index (κ3) is 3.56. The van der Waals surface area contributed by atoms with Crippen molar-refractivity contribution in [2.75, 3.05) is 36.0 Å². The maximum absolute atomic E-state index is 13.0. The van der Waals surface area contributed by atoms with Crippen molar-refractivity contribution in [1.82, 2.24) is 19.9 Å². The molecule has 0 bridgehead atoms. The topological polar surface area (TPSA) is 58.0 Å². The molecule has 0 amide bonds. The average molecular weight is 388 g/mol. The van der Waals surface area contributed by atoms with Crippen molar-refractivity contribution in [2.45, 2.75) is 20.0 Å². The Labute approximate surface area is 160 Å². The van der Waals surface area contributed by atoms with Crippen LogP contribution in [0.4, 0.5) is 24.8 Å². The highest BCUT2D eigenvalue weighted by atomic mass is 19.4. The Morgan fingerprint density at radius 1 is 0.821 bits per heavy atom. The molecule has 0 atom stereocenters. The molecule has 1 aliphatic rings. The van der Waals surface area contributed by atoms with Crippen molar-refractivity contribution in [3.05, 3.63) is 47.5 Å². The summed E-state index contributed by atoms with van der Waals surface area (Å²) in [5, 5.41) is 0. The number of aryl methyl sites for hydroxylation is 2. The first-order valence-electron chi connectivity index (χ1n) is 8.97. The van der Waals surface area contributed by atoms with Gasteiger partial charge in [0.15, 0.2) is 5.82 Å². The lowest BCUT2D eigenvalue weighted by Gasteiger charge is -2.36. The van der Waals surface area contributed by atoms with Gasteiger partial charge in [-0.3, -0.25) is 0 Å². The maximum Gasteiger partial charge on any atom is 0.433 e. The molecular weight excluding hydrogens is 369 g/mol. The molecule has 0 spiro atoms. The highest BCUT2D eigenvalue weighted by Gasteiger charge is 2.34. The van der Waals surface area contributed by atoms with E-state index in [9.17, 15) is 13.2 Å². The summed E-state index contributed by atoms with van der Waals surface area (Å²) in [5.74, 6) is 1.23. The van der Waals surface area contributed by atoms with Crippen LogP contribution in [0.3, 0.4) is 0 Å². The number of rotatable bonds is 2. The normalized spacial score (nSPS) is 15.3. The quantitative estimate of drug-likeness (QED) is 0.671. The second-order valence-corrected chi connectivity index (χ2v) is 6.75. The van der Waals surface area contributed by atoms with Crippen LogP contribution in [-0.2, 0) is 6.18 Å². The molecule has 0 saturated carbocycles. The summed E-state index contributed by atoms with van der Waals surface area (Å²) >= 11 is 0. The maximum atomic E-state index is 13.0. The highest BCUT2D eigenvalue weighted by Crippen LogP contribution is 2.30. The molecule has 0 radical (unpaired) electrons. The van der Waals surface area contributed by atoms with Crippen molar-refractivity contribution in [1.29, 1.82) is 0 Å². The summed E-state index contributed by atoms with van der Waals surface area (Å²) in [4.78, 5) is 21.0. The van der Waals surface area contributed by atoms with E-state index in [4.69, 9.17) is 4.98 Å². The SMILES string of the molecule is Cc1nc(N2CCN(c3nc4ccccc4nc3C)CC2)cc(C(F)(F)F)n1. The van der Waals surface area contributed by atoms with E-state index in [1.165, 1.54) is 6.92 Å². The lowest BCUT2D eigenvalue weighted by Crippen LogP contribution is -2.47. The third-order valence-corrected chi connectivity index (χ3v) is 4.74. The zero-order valence-electron chi connectivity index (χ0n) is 15.5. The monoisotopic (exact) mass is 388 g/mol. The number of para-hydroxylation sites is 2. The van der Waals surface area contributed by atoms with Crippen molar-refractivity contribution >= 4 is 22.7 Å². The second kappa shape index (κ2) is 6.88. The van der Waals surface area contributed by atoms with Crippen molar-refractivity contribution in [2.24, 2.45) is 0 Å². The zero-order chi connectivity index (χ0) is 19.9. The molecule has 6 nitrogen and oxygen atoms in total. The van der Waals surface area contributed by atoms with E-state index in [-0.39, 0.29) is 5.82 Å². The Morgan fingerprint density at radius 3 is 2.07 bits per heavy atom. The number of halogens is 3. The Balaban J connectivity index is 1.54. The van der Waals surface area contributed by atoms with Crippen molar-refractivity contribution in [3.8, 4) is 0 Å². The van der Waals surface area contributed by atoms with Crippen LogP contribution in [0.5, 0.6) is 0 Å². The van der Waals surface area contributed by atoms with Crippen LogP contribution in [0.1, 0.15) is 17.2 Å². The molecule has 1 aromatic carbocycles. The number of alkyl halides is 3. The van der Waals surface area contributed by atoms with Gasteiger partial charge in [0.25, 0.3) is 0 Å². The third-order valence-electron chi connectivity index (χ3n) is 4.74. The number of piperazine rings is 1. The lowest BCUT2D eigenvalue weighted by atomic mass is 10.2. The smallest absolute Gasteiger partial charge is 0.353 e. The van der Waals surface area contributed by atoms with Crippen molar-refractivity contribution < 1.29 is 13.2 Å². The lowest BCUT2D eigenvalue weighted by molar-refractivity contribution is -0.141. The van der Waals surface area contributed by atoms with Crippen LogP contribution in [0.15, 0.2) is 30.3 Å². The van der Waals surface area contributed by atoms with Crippen LogP contribution in [0.25, 0.3) is 11.0 Å². The van der Waals surface area contributed by atoms with Gasteiger partial charge >= 0.3 is 6.18 Å². The summed E-state index contributed by atoms with van der Waals surface area (Å²) in [6, 6.07) is 8.71. The minimum atomic E-state index is -4.48. The number of hydrogen-bond acceptors (Lipinski definition) is 6. The fourth-order valence-electron chi connectivity index (χ4n) is 3.38. The summed E-state index contributed by atoms with van der Waals surface area (Å²) < 4.78 is 39.1. The van der Waals surface area contributed by atoms with E-state index < -0.39 is 11.9 Å². The molecule has 1 fully saturated rings. The predicted molar refractivity (Wildman–Crippen MR) is 100 cm³/mol. The summed E-state index contributed by atoms with van der Waals surface area (Å²) in [7, 11) is 0. The van der Waals surface area contributed by atoms with Crippen LogP contribution in [0.2, 0.25) is 0 Å². The molecule has 2 aromatic heterocycles. The van der Waals surface area contributed by atoms with E-state index in [1.54, 1.807) is 0 Å². The number of anilines is 2. The van der Waals surface area contributed by atoms with Gasteiger partial charge in [0.05, 0.1) is 16.7 Å². The summed E-state index contributed by atoms with van der Waals surface area (Å²) in [6.07, 6.45) is -4.48. The van der Waals surface area contributed by atoms with Crippen LogP contribution in [-0.4, -0.2) is 46.1 Å². The van der Waals surface area contributed by atoms with Crippen LogP contribution >= 0.6 is 0 Å². The Bertz CT molecular complexity index is 1010. The first-order valence-corrected chi connectivity index (χ1v) is 8.97. The molecule has 0 N–H and O–H groups in total. The fourth-order valence-corrected chi connectivity index (χ4v) is 3.38. The van der Waals surface area contributed by atoms with Gasteiger partial charge in [-0.25, -0.2) is 19.9 Å². The van der Waals surface area contributed by atoms with Gasteiger partial charge in [0.2, 0.25) is 0 Å². The largest absolute Gasteiger partial charge is 0.433 e. The van der Waals surface area contributed by atoms with E-state index >= 15 is 0 Å². The minimum absolute atomic E-state index is 0.114. The first kappa shape index (κ1) is 18.4. The van der Waals surface area contributed by atoms with Crippen LogP contribution < -0.4 is 9.80 Å². The Hall–Kier alpha value is -2.97. The minimum Gasteiger partial charge on any atom is -0.353 e. The van der Waals surface area contributed by atoms with Gasteiger partial charge in [-0.2, -0.15) is 13.2 Å². The number of fused-ring (bicyclic) bond motifs is 1. The molecule has 9 heteroatoms. The molecule has 1 saturated heterocycles. The number of hydrogen-bond donors (Lipinski definition) is 0. The number of benzene rings is 1. The fraction of sp³-hybridized carbons (Fsp3) is 0.368. The first-order chi connectivity index (χ1) is 13.3. The predicted octanol–water partition coefficient (Wildman–Crippen LogP) is 3.38. The summed E-state index contributed by atoms with van der Waals surface area (Å²) in [6.45, 7) is 5.73. The van der Waals surface area contributed by atoms with Gasteiger partial charge in [-0.05, 0) is 26.0 Å². The van der Waals surface area contributed by atoms with E-state index in [1.807, 2.05) is 36.1 Å². The Kier molecular flexibility index (Phi) is 4.52. The molecule has 0 unspecified atom stereocenters. The van der Waals surface area contributed by atoms with Crippen LogP contribution in [0, 0.1) is 13.8 Å². The van der Waals surface area contributed by atoms with Gasteiger partial charge < -0.3 is 9.80 Å². The van der Waals surface area contributed by atoms with Gasteiger partial charge in [0.1, 0.15) is 17.3 Å². The standard InChI is InChI=1S/C19H19F3N6/c1-12-18(26-15-6-4-3-5-14(15)23-12)28-9-7-27(8-10-28)17-11-16(19(20,21)22)24-13(2)25-17/h3-6,11H,7-10H2,1-2H3. The zero-order valence-corrected chi connectivity index (χ0v) is 15.5. The molecule has 4 rings (SSSR count). The molecule has 0 aliphatic carbocycles. The van der Waals surface area contributed by atoms with Gasteiger partial charge in [0, 0.05) is 32.2 Å². The average Bonchev–Trinajstić information content (AvgIpc) is 2.66. The van der Waals surface area contributed by atoms with Crippen molar-refractivity contribution in [3.63, 3.8) is 0 Å². The van der Waals surface area contributed by atoms with E-state index in [2.05, 4.69) is 19.9 Å². The molecule has 3 aromatic rings. The summed E-state index contributed by atoms with van der Waals surface area (Å²) in [5.41, 5.74) is 1.60. The van der Waals surface area contributed by atoms with E-state index in [0.717, 1.165) is 28.6 Å². The van der Waals surface area contributed by atoms with Gasteiger partial charge in [-0.15, -0.1) is 0 Å². The van der Waals surface area contributed by atoms with E-state index in [0.29, 0.717) is 32.0 Å². The molecule has 146 valence electrons. The number of aromatic nitrogens is 4. The molecule has 3 heterocycles. The molecule has 1 aliphatic heterocycles. The number of nitrogens with zero attached hydrogens (tertiary/aromatic N) is 6. The Morgan fingerprint density at radius 2 is 1.43 bits per heavy atom. The van der Waals surface area contributed by atoms with Gasteiger partial charge in [-0.1, -0.05) is 12.1 Å². The highest BCUT2D eigenvalue weighted by molar-refractivity contribution is 5.76.